The normalized spacial score (nSPS) is 23.3. The van der Waals surface area contributed by atoms with Crippen LogP contribution in [0.3, 0.4) is 0 Å². The Morgan fingerprint density at radius 1 is 1.40 bits per heavy atom. The van der Waals surface area contributed by atoms with Gasteiger partial charge in [0.05, 0.1) is 6.61 Å². The maximum Gasteiger partial charge on any atom is 0.326 e. The van der Waals surface area contributed by atoms with Crippen molar-refractivity contribution in [3.63, 3.8) is 0 Å². The fourth-order valence-corrected chi connectivity index (χ4v) is 2.90. The molecule has 4 nitrogen and oxygen atoms in total. The quantitative estimate of drug-likeness (QED) is 0.549. The second-order valence-corrected chi connectivity index (χ2v) is 6.14. The summed E-state index contributed by atoms with van der Waals surface area (Å²) in [5.41, 5.74) is -0.538. The van der Waals surface area contributed by atoms with Crippen molar-refractivity contribution in [2.45, 2.75) is 70.9 Å². The highest BCUT2D eigenvalue weighted by molar-refractivity contribution is 5.80. The summed E-state index contributed by atoms with van der Waals surface area (Å²) in [5, 5.41) is 3.12. The van der Waals surface area contributed by atoms with E-state index < -0.39 is 5.54 Å². The van der Waals surface area contributed by atoms with Crippen LogP contribution in [-0.2, 0) is 9.53 Å². The third kappa shape index (κ3) is 5.06. The van der Waals surface area contributed by atoms with Crippen molar-refractivity contribution in [3.05, 3.63) is 0 Å². The van der Waals surface area contributed by atoms with Crippen LogP contribution in [0.25, 0.3) is 0 Å². The monoisotopic (exact) mass is 284 g/mol. The van der Waals surface area contributed by atoms with E-state index in [-0.39, 0.29) is 5.97 Å². The first-order valence-electron chi connectivity index (χ1n) is 8.13. The number of carbonyl (C=O) groups is 1. The minimum atomic E-state index is -0.538. The fourth-order valence-electron chi connectivity index (χ4n) is 2.90. The molecule has 1 aliphatic heterocycles. The van der Waals surface area contributed by atoms with Gasteiger partial charge in [0.1, 0.15) is 5.54 Å². The average Bonchev–Trinajstić information content (AvgIpc) is 2.45. The molecular weight excluding hydrogens is 252 g/mol. The Hall–Kier alpha value is -0.610. The molecule has 1 aliphatic rings. The predicted molar refractivity (Wildman–Crippen MR) is 82.8 cm³/mol. The number of carbonyl (C=O) groups excluding carboxylic acids is 1. The van der Waals surface area contributed by atoms with Crippen molar-refractivity contribution in [3.8, 4) is 0 Å². The molecule has 2 atom stereocenters. The van der Waals surface area contributed by atoms with Gasteiger partial charge < -0.3 is 15.0 Å². The van der Waals surface area contributed by atoms with Crippen LogP contribution < -0.4 is 5.32 Å². The number of nitrogens with zero attached hydrogens (tertiary/aromatic N) is 1. The van der Waals surface area contributed by atoms with Gasteiger partial charge in [-0.2, -0.15) is 0 Å². The highest BCUT2D eigenvalue weighted by atomic mass is 16.5. The van der Waals surface area contributed by atoms with E-state index in [0.29, 0.717) is 6.61 Å². The molecule has 1 fully saturated rings. The van der Waals surface area contributed by atoms with Crippen LogP contribution in [0.4, 0.5) is 0 Å². The summed E-state index contributed by atoms with van der Waals surface area (Å²) in [6, 6.07) is 0.726. The highest BCUT2D eigenvalue weighted by Gasteiger charge is 2.32. The minimum Gasteiger partial charge on any atom is -0.465 e. The lowest BCUT2D eigenvalue weighted by Gasteiger charge is -2.33. The molecule has 0 amide bonds. The smallest absolute Gasteiger partial charge is 0.326 e. The fraction of sp³-hybridized carbons (Fsp3) is 0.938. The summed E-state index contributed by atoms with van der Waals surface area (Å²) >= 11 is 0. The molecule has 1 rings (SSSR count). The van der Waals surface area contributed by atoms with Gasteiger partial charge in [-0.1, -0.05) is 6.42 Å². The zero-order valence-corrected chi connectivity index (χ0v) is 13.7. The number of hydrogen-bond donors (Lipinski definition) is 1. The van der Waals surface area contributed by atoms with Gasteiger partial charge in [0.25, 0.3) is 0 Å². The van der Waals surface area contributed by atoms with E-state index in [2.05, 4.69) is 17.1 Å². The van der Waals surface area contributed by atoms with E-state index in [0.717, 1.165) is 31.8 Å². The number of esters is 1. The van der Waals surface area contributed by atoms with E-state index in [1.54, 1.807) is 0 Å². The first kappa shape index (κ1) is 17.4. The van der Waals surface area contributed by atoms with Gasteiger partial charge in [-0.25, -0.2) is 0 Å². The SMILES string of the molecule is CCOC(=O)C(C)(CCCCN1CCCCC1C)NC. The number of ether oxygens (including phenoxy) is 1. The lowest BCUT2D eigenvalue weighted by molar-refractivity contribution is -0.150. The second kappa shape index (κ2) is 8.63. The summed E-state index contributed by atoms with van der Waals surface area (Å²) in [6.07, 6.45) is 7.09. The third-order valence-corrected chi connectivity index (χ3v) is 4.59. The molecule has 0 radical (unpaired) electrons. The number of likely N-dealkylation sites (N-methyl/N-ethyl adjacent to an activating group) is 1. The van der Waals surface area contributed by atoms with Crippen LogP contribution in [0.15, 0.2) is 0 Å². The van der Waals surface area contributed by atoms with Crippen molar-refractivity contribution in [1.82, 2.24) is 10.2 Å². The Balaban J connectivity index is 2.29. The van der Waals surface area contributed by atoms with Gasteiger partial charge in [0.15, 0.2) is 0 Å². The molecule has 0 aromatic heterocycles. The standard InChI is InChI=1S/C16H32N2O2/c1-5-20-15(19)16(3,17-4)11-7-9-13-18-12-8-6-10-14(18)2/h14,17H,5-13H2,1-4H3. The summed E-state index contributed by atoms with van der Waals surface area (Å²) < 4.78 is 5.15. The third-order valence-electron chi connectivity index (χ3n) is 4.59. The number of rotatable bonds is 8. The number of piperidine rings is 1. The Morgan fingerprint density at radius 2 is 2.15 bits per heavy atom. The van der Waals surface area contributed by atoms with Crippen molar-refractivity contribution < 1.29 is 9.53 Å². The Bertz CT molecular complexity index is 296. The van der Waals surface area contributed by atoms with Crippen LogP contribution in [0.2, 0.25) is 0 Å². The van der Waals surface area contributed by atoms with Gasteiger partial charge >= 0.3 is 5.97 Å². The maximum atomic E-state index is 11.9. The van der Waals surface area contributed by atoms with Crippen molar-refractivity contribution in [2.75, 3.05) is 26.7 Å². The Morgan fingerprint density at radius 3 is 2.75 bits per heavy atom. The van der Waals surface area contributed by atoms with E-state index in [1.165, 1.54) is 25.8 Å². The van der Waals surface area contributed by atoms with Crippen molar-refractivity contribution in [1.29, 1.82) is 0 Å². The topological polar surface area (TPSA) is 41.6 Å². The first-order valence-corrected chi connectivity index (χ1v) is 8.13. The average molecular weight is 284 g/mol. The molecule has 1 saturated heterocycles. The van der Waals surface area contributed by atoms with Crippen LogP contribution >= 0.6 is 0 Å². The Kier molecular flexibility index (Phi) is 7.52. The van der Waals surface area contributed by atoms with E-state index in [9.17, 15) is 4.79 Å². The first-order chi connectivity index (χ1) is 9.53. The van der Waals surface area contributed by atoms with Crippen LogP contribution in [-0.4, -0.2) is 49.2 Å². The lowest BCUT2D eigenvalue weighted by atomic mass is 9.94. The van der Waals surface area contributed by atoms with Gasteiger partial charge in [-0.3, -0.25) is 4.79 Å². The summed E-state index contributed by atoms with van der Waals surface area (Å²) in [5.74, 6) is -0.131. The Labute approximate surface area is 124 Å². The molecule has 0 bridgehead atoms. The minimum absolute atomic E-state index is 0.131. The molecule has 1 N–H and O–H groups in total. The molecule has 0 aromatic rings. The summed E-state index contributed by atoms with van der Waals surface area (Å²) in [6.45, 7) is 8.96. The molecular formula is C16H32N2O2. The summed E-state index contributed by atoms with van der Waals surface area (Å²) in [7, 11) is 1.84. The largest absolute Gasteiger partial charge is 0.465 e. The van der Waals surface area contributed by atoms with E-state index in [1.807, 2.05) is 20.9 Å². The van der Waals surface area contributed by atoms with Gasteiger partial charge in [-0.05, 0) is 73.0 Å². The molecule has 4 heteroatoms. The van der Waals surface area contributed by atoms with E-state index in [4.69, 9.17) is 4.74 Å². The molecule has 2 unspecified atom stereocenters. The molecule has 20 heavy (non-hydrogen) atoms. The van der Waals surface area contributed by atoms with Crippen LogP contribution in [0, 0.1) is 0 Å². The molecule has 1 heterocycles. The van der Waals surface area contributed by atoms with Gasteiger partial charge in [-0.15, -0.1) is 0 Å². The molecule has 0 aliphatic carbocycles. The number of likely N-dealkylation sites (tertiary alicyclic amines) is 1. The van der Waals surface area contributed by atoms with Crippen LogP contribution in [0.5, 0.6) is 0 Å². The predicted octanol–water partition coefficient (Wildman–Crippen LogP) is 2.57. The zero-order chi connectivity index (χ0) is 15.0. The number of nitrogens with one attached hydrogen (secondary N) is 1. The second-order valence-electron chi connectivity index (χ2n) is 6.14. The molecule has 118 valence electrons. The molecule has 0 saturated carbocycles. The van der Waals surface area contributed by atoms with E-state index >= 15 is 0 Å². The summed E-state index contributed by atoms with van der Waals surface area (Å²) in [4.78, 5) is 14.5. The number of hydrogen-bond acceptors (Lipinski definition) is 4. The van der Waals surface area contributed by atoms with Crippen molar-refractivity contribution >= 4 is 5.97 Å². The number of unbranched alkanes of at least 4 members (excludes halogenated alkanes) is 1. The van der Waals surface area contributed by atoms with Gasteiger partial charge in [0, 0.05) is 6.04 Å². The van der Waals surface area contributed by atoms with Crippen molar-refractivity contribution in [2.24, 2.45) is 0 Å². The highest BCUT2D eigenvalue weighted by Crippen LogP contribution is 2.19. The zero-order valence-electron chi connectivity index (χ0n) is 13.7. The van der Waals surface area contributed by atoms with Crippen LogP contribution in [0.1, 0.15) is 59.3 Å². The molecule has 0 spiro atoms. The molecule has 0 aromatic carbocycles. The van der Waals surface area contributed by atoms with Gasteiger partial charge in [0.2, 0.25) is 0 Å². The lowest BCUT2D eigenvalue weighted by Crippen LogP contribution is -2.48. The maximum absolute atomic E-state index is 11.9.